The van der Waals surface area contributed by atoms with Gasteiger partial charge in [-0.3, -0.25) is 14.4 Å². The van der Waals surface area contributed by atoms with E-state index in [0.29, 0.717) is 6.54 Å². The molecule has 0 bridgehead atoms. The Hall–Kier alpha value is -2.52. The van der Waals surface area contributed by atoms with E-state index in [1.54, 1.807) is 4.90 Å². The van der Waals surface area contributed by atoms with Crippen molar-refractivity contribution in [2.24, 2.45) is 5.92 Å². The molecule has 0 radical (unpaired) electrons. The number of nitrogens with zero attached hydrogens (tertiary/aromatic N) is 2. The number of aromatic amines is 1. The first-order valence-electron chi connectivity index (χ1n) is 7.76. The maximum Gasteiger partial charge on any atom is 0.431 e. The van der Waals surface area contributed by atoms with Gasteiger partial charge in [0.25, 0.3) is 5.91 Å². The largest absolute Gasteiger partial charge is 0.431 e. The number of halogens is 3. The standard InChI is InChI=1S/C15H17F3N4O3/c1-19-13(24)9-3-12(23)22(5-9)10-6-21(7-10)14(25)8-2-11(20-4-8)15(16,17)18/h2,4,9-10,20H,3,5-7H2,1H3,(H,19,24). The van der Waals surface area contributed by atoms with E-state index in [-0.39, 0.29) is 42.9 Å². The molecule has 1 unspecified atom stereocenters. The molecule has 0 aromatic carbocycles. The van der Waals surface area contributed by atoms with Crippen molar-refractivity contribution in [3.8, 4) is 0 Å². The van der Waals surface area contributed by atoms with Gasteiger partial charge in [-0.1, -0.05) is 0 Å². The quantitative estimate of drug-likeness (QED) is 0.823. The molecular formula is C15H17F3N4O3. The fourth-order valence-electron chi connectivity index (χ4n) is 3.15. The molecular weight excluding hydrogens is 341 g/mol. The van der Waals surface area contributed by atoms with Crippen LogP contribution in [0.3, 0.4) is 0 Å². The zero-order chi connectivity index (χ0) is 18.4. The lowest BCUT2D eigenvalue weighted by Crippen LogP contribution is -2.61. The maximum absolute atomic E-state index is 12.6. The lowest BCUT2D eigenvalue weighted by Gasteiger charge is -2.44. The zero-order valence-electron chi connectivity index (χ0n) is 13.4. The fourth-order valence-corrected chi connectivity index (χ4v) is 3.15. The molecule has 3 amide bonds. The van der Waals surface area contributed by atoms with E-state index in [0.717, 1.165) is 12.3 Å². The summed E-state index contributed by atoms with van der Waals surface area (Å²) >= 11 is 0. The molecule has 2 fully saturated rings. The molecule has 1 atom stereocenters. The smallest absolute Gasteiger partial charge is 0.359 e. The number of nitrogens with one attached hydrogen (secondary N) is 2. The summed E-state index contributed by atoms with van der Waals surface area (Å²) in [6.07, 6.45) is -3.37. The number of carbonyl (C=O) groups excluding carboxylic acids is 3. The van der Waals surface area contributed by atoms with Gasteiger partial charge in [0.2, 0.25) is 11.8 Å². The Morgan fingerprint density at radius 3 is 2.52 bits per heavy atom. The number of hydrogen-bond donors (Lipinski definition) is 2. The molecule has 2 N–H and O–H groups in total. The summed E-state index contributed by atoms with van der Waals surface area (Å²) < 4.78 is 37.7. The van der Waals surface area contributed by atoms with Crippen LogP contribution in [0, 0.1) is 5.92 Å². The average Bonchev–Trinajstić information content (AvgIpc) is 3.12. The molecule has 136 valence electrons. The normalized spacial score (nSPS) is 21.4. The molecule has 25 heavy (non-hydrogen) atoms. The van der Waals surface area contributed by atoms with Crippen LogP contribution in [-0.2, 0) is 15.8 Å². The molecule has 0 spiro atoms. The topological polar surface area (TPSA) is 85.5 Å². The number of alkyl halides is 3. The van der Waals surface area contributed by atoms with Crippen LogP contribution in [0.1, 0.15) is 22.5 Å². The van der Waals surface area contributed by atoms with Gasteiger partial charge in [0.15, 0.2) is 0 Å². The first-order chi connectivity index (χ1) is 11.7. The lowest BCUT2D eigenvalue weighted by molar-refractivity contribution is -0.140. The van der Waals surface area contributed by atoms with Crippen molar-refractivity contribution in [2.75, 3.05) is 26.7 Å². The summed E-state index contributed by atoms with van der Waals surface area (Å²) in [7, 11) is 1.51. The molecule has 0 saturated carbocycles. The van der Waals surface area contributed by atoms with Crippen molar-refractivity contribution in [1.29, 1.82) is 0 Å². The third kappa shape index (κ3) is 3.20. The molecule has 1 aromatic rings. The Bertz CT molecular complexity index is 709. The third-order valence-corrected chi connectivity index (χ3v) is 4.60. The minimum atomic E-state index is -4.53. The Balaban J connectivity index is 1.57. The summed E-state index contributed by atoms with van der Waals surface area (Å²) in [4.78, 5) is 40.8. The Kier molecular flexibility index (Phi) is 4.21. The Labute approximate surface area is 141 Å². The first kappa shape index (κ1) is 17.3. The molecule has 2 aliphatic heterocycles. The molecule has 2 saturated heterocycles. The van der Waals surface area contributed by atoms with Crippen molar-refractivity contribution in [1.82, 2.24) is 20.1 Å². The fraction of sp³-hybridized carbons (Fsp3) is 0.533. The summed E-state index contributed by atoms with van der Waals surface area (Å²) in [5, 5.41) is 2.51. The molecule has 0 aliphatic carbocycles. The predicted octanol–water partition coefficient (Wildman–Crippen LogP) is 0.452. The van der Waals surface area contributed by atoms with Crippen molar-refractivity contribution < 1.29 is 27.6 Å². The zero-order valence-corrected chi connectivity index (χ0v) is 13.4. The van der Waals surface area contributed by atoms with E-state index in [1.165, 1.54) is 11.9 Å². The molecule has 3 rings (SSSR count). The highest BCUT2D eigenvalue weighted by Crippen LogP contribution is 2.30. The van der Waals surface area contributed by atoms with Crippen molar-refractivity contribution in [3.63, 3.8) is 0 Å². The van der Waals surface area contributed by atoms with E-state index in [4.69, 9.17) is 0 Å². The second-order valence-corrected chi connectivity index (χ2v) is 6.23. The Morgan fingerprint density at radius 2 is 1.96 bits per heavy atom. The van der Waals surface area contributed by atoms with Crippen LogP contribution in [0.15, 0.2) is 12.3 Å². The van der Waals surface area contributed by atoms with E-state index in [2.05, 4.69) is 5.32 Å². The molecule has 3 heterocycles. The highest BCUT2D eigenvalue weighted by molar-refractivity contribution is 5.95. The highest BCUT2D eigenvalue weighted by atomic mass is 19.4. The van der Waals surface area contributed by atoms with Crippen LogP contribution in [0.4, 0.5) is 13.2 Å². The number of amides is 3. The van der Waals surface area contributed by atoms with Gasteiger partial charge in [-0.25, -0.2) is 0 Å². The van der Waals surface area contributed by atoms with Gasteiger partial charge in [-0.2, -0.15) is 13.2 Å². The van der Waals surface area contributed by atoms with Crippen LogP contribution >= 0.6 is 0 Å². The van der Waals surface area contributed by atoms with Crippen LogP contribution in [0.25, 0.3) is 0 Å². The lowest BCUT2D eigenvalue weighted by atomic mass is 10.1. The molecule has 7 nitrogen and oxygen atoms in total. The predicted molar refractivity (Wildman–Crippen MR) is 79.4 cm³/mol. The minimum Gasteiger partial charge on any atom is -0.359 e. The third-order valence-electron chi connectivity index (χ3n) is 4.60. The monoisotopic (exact) mass is 358 g/mol. The minimum absolute atomic E-state index is 0.0678. The van der Waals surface area contributed by atoms with E-state index in [9.17, 15) is 27.6 Å². The first-order valence-corrected chi connectivity index (χ1v) is 7.76. The summed E-state index contributed by atoms with van der Waals surface area (Å²) in [5.41, 5.74) is -1.04. The number of H-pyrrole nitrogens is 1. The van der Waals surface area contributed by atoms with Crippen LogP contribution in [-0.4, -0.2) is 65.2 Å². The number of hydrogen-bond acceptors (Lipinski definition) is 3. The molecule has 10 heteroatoms. The summed E-state index contributed by atoms with van der Waals surface area (Å²) in [6, 6.07) is 0.574. The molecule has 2 aliphatic rings. The van der Waals surface area contributed by atoms with E-state index in [1.807, 2.05) is 4.98 Å². The number of rotatable bonds is 3. The van der Waals surface area contributed by atoms with Crippen molar-refractivity contribution in [3.05, 3.63) is 23.5 Å². The van der Waals surface area contributed by atoms with Gasteiger partial charge in [-0.05, 0) is 6.07 Å². The van der Waals surface area contributed by atoms with Crippen molar-refractivity contribution >= 4 is 17.7 Å². The maximum atomic E-state index is 12.6. The van der Waals surface area contributed by atoms with Gasteiger partial charge in [0.05, 0.1) is 17.5 Å². The highest BCUT2D eigenvalue weighted by Gasteiger charge is 2.43. The van der Waals surface area contributed by atoms with Gasteiger partial charge in [-0.15, -0.1) is 0 Å². The van der Waals surface area contributed by atoms with E-state index >= 15 is 0 Å². The van der Waals surface area contributed by atoms with E-state index < -0.39 is 23.7 Å². The second-order valence-electron chi connectivity index (χ2n) is 6.23. The summed E-state index contributed by atoms with van der Waals surface area (Å²) in [5.74, 6) is -1.26. The van der Waals surface area contributed by atoms with Gasteiger partial charge < -0.3 is 20.1 Å². The van der Waals surface area contributed by atoms with Crippen LogP contribution < -0.4 is 5.32 Å². The second kappa shape index (κ2) is 6.08. The molecule has 1 aromatic heterocycles. The van der Waals surface area contributed by atoms with Gasteiger partial charge in [0.1, 0.15) is 5.69 Å². The van der Waals surface area contributed by atoms with Crippen LogP contribution in [0.2, 0.25) is 0 Å². The Morgan fingerprint density at radius 1 is 1.28 bits per heavy atom. The van der Waals surface area contributed by atoms with Crippen LogP contribution in [0.5, 0.6) is 0 Å². The SMILES string of the molecule is CNC(=O)C1CC(=O)N(C2CN(C(=O)c3c[nH]c(C(F)(F)F)c3)C2)C1. The number of likely N-dealkylation sites (tertiary alicyclic amines) is 2. The summed E-state index contributed by atoms with van der Waals surface area (Å²) in [6.45, 7) is 0.794. The van der Waals surface area contributed by atoms with Crippen molar-refractivity contribution in [2.45, 2.75) is 18.6 Å². The number of aromatic nitrogens is 1. The van der Waals surface area contributed by atoms with Gasteiger partial charge in [0, 0.05) is 39.3 Å². The number of carbonyl (C=O) groups is 3. The van der Waals surface area contributed by atoms with Gasteiger partial charge >= 0.3 is 6.18 Å². The average molecular weight is 358 g/mol.